The first-order valence-electron chi connectivity index (χ1n) is 8.51. The molecule has 1 N–H and O–H groups in total. The van der Waals surface area contributed by atoms with Crippen molar-refractivity contribution in [2.24, 2.45) is 11.8 Å². The standard InChI is InChI=1S/C19H25N3O2/c1-13-9-16(19(23)24)11-21(10-13)12-18-14(2)20-22(15(18)3)17-7-5-4-6-8-17/h4-8,13,16H,9-12H2,1-3H3,(H,23,24). The van der Waals surface area contributed by atoms with Crippen molar-refractivity contribution in [3.05, 3.63) is 47.3 Å². The van der Waals surface area contributed by atoms with Gasteiger partial charge in [0.05, 0.1) is 17.3 Å². The Kier molecular flexibility index (Phi) is 4.71. The fourth-order valence-corrected chi connectivity index (χ4v) is 3.72. The van der Waals surface area contributed by atoms with E-state index in [1.165, 1.54) is 5.56 Å². The maximum Gasteiger partial charge on any atom is 0.307 e. The third-order valence-corrected chi connectivity index (χ3v) is 4.91. The summed E-state index contributed by atoms with van der Waals surface area (Å²) in [5.74, 6) is -0.539. The van der Waals surface area contributed by atoms with E-state index in [1.54, 1.807) is 0 Å². The minimum absolute atomic E-state index is 0.265. The van der Waals surface area contributed by atoms with Crippen LogP contribution in [0.1, 0.15) is 30.3 Å². The topological polar surface area (TPSA) is 58.4 Å². The SMILES string of the molecule is Cc1nn(-c2ccccc2)c(C)c1CN1CC(C)CC(C(=O)O)C1. The van der Waals surface area contributed by atoms with Gasteiger partial charge in [-0.1, -0.05) is 25.1 Å². The highest BCUT2D eigenvalue weighted by molar-refractivity contribution is 5.70. The van der Waals surface area contributed by atoms with E-state index >= 15 is 0 Å². The zero-order valence-electron chi connectivity index (χ0n) is 14.6. The predicted molar refractivity (Wildman–Crippen MR) is 93.2 cm³/mol. The molecule has 0 radical (unpaired) electrons. The van der Waals surface area contributed by atoms with Crippen molar-refractivity contribution < 1.29 is 9.90 Å². The van der Waals surface area contributed by atoms with Gasteiger partial charge in [-0.25, -0.2) is 4.68 Å². The average Bonchev–Trinajstić information content (AvgIpc) is 2.83. The number of para-hydroxylation sites is 1. The number of aliphatic carboxylic acids is 1. The van der Waals surface area contributed by atoms with Crippen LogP contribution in [0.4, 0.5) is 0 Å². The Morgan fingerprint density at radius 2 is 1.96 bits per heavy atom. The highest BCUT2D eigenvalue weighted by atomic mass is 16.4. The molecular formula is C19H25N3O2. The molecule has 1 aliphatic heterocycles. The first-order chi connectivity index (χ1) is 11.5. The van der Waals surface area contributed by atoms with Crippen LogP contribution < -0.4 is 0 Å². The minimum atomic E-state index is -0.681. The first kappa shape index (κ1) is 16.7. The Morgan fingerprint density at radius 1 is 1.25 bits per heavy atom. The normalized spacial score (nSPS) is 21.8. The van der Waals surface area contributed by atoms with E-state index in [4.69, 9.17) is 5.10 Å². The van der Waals surface area contributed by atoms with Crippen LogP contribution >= 0.6 is 0 Å². The van der Waals surface area contributed by atoms with Crippen LogP contribution in [0, 0.1) is 25.7 Å². The lowest BCUT2D eigenvalue weighted by molar-refractivity contribution is -0.144. The van der Waals surface area contributed by atoms with E-state index in [-0.39, 0.29) is 5.92 Å². The first-order valence-corrected chi connectivity index (χ1v) is 8.51. The summed E-state index contributed by atoms with van der Waals surface area (Å²) in [4.78, 5) is 13.6. The number of rotatable bonds is 4. The molecule has 0 amide bonds. The molecule has 1 fully saturated rings. The van der Waals surface area contributed by atoms with E-state index < -0.39 is 5.97 Å². The quantitative estimate of drug-likeness (QED) is 0.938. The molecule has 0 aliphatic carbocycles. The summed E-state index contributed by atoms with van der Waals surface area (Å²) in [6.07, 6.45) is 0.771. The van der Waals surface area contributed by atoms with E-state index in [1.807, 2.05) is 41.9 Å². The molecule has 0 saturated carbocycles. The molecule has 3 rings (SSSR count). The van der Waals surface area contributed by atoms with Crippen molar-refractivity contribution >= 4 is 5.97 Å². The number of aromatic nitrogens is 2. The Labute approximate surface area is 142 Å². The summed E-state index contributed by atoms with van der Waals surface area (Å²) in [6, 6.07) is 10.1. The molecule has 128 valence electrons. The van der Waals surface area contributed by atoms with Crippen molar-refractivity contribution in [3.63, 3.8) is 0 Å². The van der Waals surface area contributed by atoms with Gasteiger partial charge in [-0.15, -0.1) is 0 Å². The van der Waals surface area contributed by atoms with Gasteiger partial charge in [-0.2, -0.15) is 5.10 Å². The zero-order chi connectivity index (χ0) is 17.3. The summed E-state index contributed by atoms with van der Waals surface area (Å²) in [5, 5.41) is 14.1. The van der Waals surface area contributed by atoms with Gasteiger partial charge in [0, 0.05) is 30.9 Å². The number of benzene rings is 1. The van der Waals surface area contributed by atoms with Gasteiger partial charge in [-0.3, -0.25) is 9.69 Å². The van der Waals surface area contributed by atoms with E-state index in [0.717, 1.165) is 36.6 Å². The van der Waals surface area contributed by atoms with Gasteiger partial charge < -0.3 is 5.11 Å². The molecule has 5 nitrogen and oxygen atoms in total. The van der Waals surface area contributed by atoms with Gasteiger partial charge >= 0.3 is 5.97 Å². The molecule has 1 aromatic carbocycles. The van der Waals surface area contributed by atoms with Crippen molar-refractivity contribution in [2.75, 3.05) is 13.1 Å². The fourth-order valence-electron chi connectivity index (χ4n) is 3.72. The number of carboxylic acids is 1. The lowest BCUT2D eigenvalue weighted by Crippen LogP contribution is -2.42. The second kappa shape index (κ2) is 6.77. The fraction of sp³-hybridized carbons (Fsp3) is 0.474. The van der Waals surface area contributed by atoms with Crippen molar-refractivity contribution in [3.8, 4) is 5.69 Å². The van der Waals surface area contributed by atoms with E-state index in [2.05, 4.69) is 18.7 Å². The predicted octanol–water partition coefficient (Wildman–Crippen LogP) is 3.03. The van der Waals surface area contributed by atoms with Crippen LogP contribution in [-0.2, 0) is 11.3 Å². The molecule has 2 unspecified atom stereocenters. The summed E-state index contributed by atoms with van der Waals surface area (Å²) < 4.78 is 1.98. The van der Waals surface area contributed by atoms with Crippen LogP contribution in [0.3, 0.4) is 0 Å². The van der Waals surface area contributed by atoms with Crippen LogP contribution in [0.2, 0.25) is 0 Å². The number of hydrogen-bond donors (Lipinski definition) is 1. The van der Waals surface area contributed by atoms with Gasteiger partial charge in [-0.05, 0) is 38.3 Å². The summed E-state index contributed by atoms with van der Waals surface area (Å²) in [7, 11) is 0. The molecular weight excluding hydrogens is 302 g/mol. The molecule has 5 heteroatoms. The number of carbonyl (C=O) groups is 1. The molecule has 0 bridgehead atoms. The average molecular weight is 327 g/mol. The molecule has 0 spiro atoms. The summed E-state index contributed by atoms with van der Waals surface area (Å²) in [6.45, 7) is 8.58. The summed E-state index contributed by atoms with van der Waals surface area (Å²) >= 11 is 0. The number of likely N-dealkylation sites (tertiary alicyclic amines) is 1. The molecule has 1 saturated heterocycles. The molecule has 2 atom stereocenters. The van der Waals surface area contributed by atoms with Crippen LogP contribution in [0.5, 0.6) is 0 Å². The Bertz CT molecular complexity index is 724. The van der Waals surface area contributed by atoms with Crippen LogP contribution in [-0.4, -0.2) is 38.8 Å². The second-order valence-electron chi connectivity index (χ2n) is 6.97. The third kappa shape index (κ3) is 3.36. The lowest BCUT2D eigenvalue weighted by atomic mass is 9.90. The van der Waals surface area contributed by atoms with Crippen molar-refractivity contribution in [1.82, 2.24) is 14.7 Å². The van der Waals surface area contributed by atoms with Crippen LogP contribution in [0.25, 0.3) is 5.69 Å². The number of nitrogens with zero attached hydrogens (tertiary/aromatic N) is 3. The van der Waals surface area contributed by atoms with Crippen molar-refractivity contribution in [1.29, 1.82) is 0 Å². The smallest absolute Gasteiger partial charge is 0.307 e. The number of carboxylic acid groups (broad SMARTS) is 1. The number of aryl methyl sites for hydroxylation is 1. The summed E-state index contributed by atoms with van der Waals surface area (Å²) in [5.41, 5.74) is 4.40. The Morgan fingerprint density at radius 3 is 2.62 bits per heavy atom. The lowest BCUT2D eigenvalue weighted by Gasteiger charge is -2.34. The van der Waals surface area contributed by atoms with E-state index in [9.17, 15) is 9.90 Å². The Hall–Kier alpha value is -2.14. The minimum Gasteiger partial charge on any atom is -0.481 e. The second-order valence-corrected chi connectivity index (χ2v) is 6.97. The van der Waals surface area contributed by atoms with Gasteiger partial charge in [0.1, 0.15) is 0 Å². The molecule has 2 heterocycles. The maximum absolute atomic E-state index is 11.4. The molecule has 24 heavy (non-hydrogen) atoms. The van der Waals surface area contributed by atoms with E-state index in [0.29, 0.717) is 12.5 Å². The highest BCUT2D eigenvalue weighted by Crippen LogP contribution is 2.26. The zero-order valence-corrected chi connectivity index (χ0v) is 14.6. The third-order valence-electron chi connectivity index (χ3n) is 4.91. The number of hydrogen-bond acceptors (Lipinski definition) is 3. The Balaban J connectivity index is 1.83. The number of piperidine rings is 1. The largest absolute Gasteiger partial charge is 0.481 e. The van der Waals surface area contributed by atoms with Gasteiger partial charge in [0.25, 0.3) is 0 Å². The monoisotopic (exact) mass is 327 g/mol. The molecule has 1 aliphatic rings. The maximum atomic E-state index is 11.4. The van der Waals surface area contributed by atoms with Crippen molar-refractivity contribution in [2.45, 2.75) is 33.7 Å². The molecule has 2 aromatic rings. The van der Waals surface area contributed by atoms with Crippen LogP contribution in [0.15, 0.2) is 30.3 Å². The van der Waals surface area contributed by atoms with Gasteiger partial charge in [0.15, 0.2) is 0 Å². The molecule has 1 aromatic heterocycles. The highest BCUT2D eigenvalue weighted by Gasteiger charge is 2.30. The van der Waals surface area contributed by atoms with Gasteiger partial charge in [0.2, 0.25) is 0 Å².